The third-order valence-electron chi connectivity index (χ3n) is 9.25. The van der Waals surface area contributed by atoms with Crippen molar-refractivity contribution in [3.05, 3.63) is 0 Å². The lowest BCUT2D eigenvalue weighted by molar-refractivity contribution is -0.125. The number of methoxy groups -OCH3 is 1. The van der Waals surface area contributed by atoms with Crippen molar-refractivity contribution >= 4 is 17.5 Å². The third-order valence-corrected chi connectivity index (χ3v) is 10.8. The van der Waals surface area contributed by atoms with Gasteiger partial charge >= 0.3 is 0 Å². The molecular weight excluding hydrogens is 328 g/mol. The van der Waals surface area contributed by atoms with Gasteiger partial charge in [0.25, 0.3) is 0 Å². The first-order valence-electron chi connectivity index (χ1n) is 10.5. The van der Waals surface area contributed by atoms with Crippen molar-refractivity contribution in [1.29, 1.82) is 0 Å². The Morgan fingerprint density at radius 3 is 2.52 bits per heavy atom. The minimum Gasteiger partial charge on any atom is -0.381 e. The lowest BCUT2D eigenvalue weighted by Gasteiger charge is -2.61. The van der Waals surface area contributed by atoms with Gasteiger partial charge in [0.2, 0.25) is 0 Å². The van der Waals surface area contributed by atoms with Crippen LogP contribution in [0.5, 0.6) is 0 Å². The lowest BCUT2D eigenvalue weighted by Crippen LogP contribution is -2.56. The van der Waals surface area contributed by atoms with Crippen molar-refractivity contribution in [2.45, 2.75) is 82.5 Å². The van der Waals surface area contributed by atoms with Crippen molar-refractivity contribution in [1.82, 2.24) is 0 Å². The molecule has 0 heterocycles. The number of rotatable bonds is 3. The molecule has 0 aliphatic heterocycles. The molecule has 25 heavy (non-hydrogen) atoms. The topological polar surface area (TPSA) is 26.3 Å². The van der Waals surface area contributed by atoms with Crippen LogP contribution >= 0.6 is 11.8 Å². The van der Waals surface area contributed by atoms with Crippen molar-refractivity contribution in [3.8, 4) is 0 Å². The van der Waals surface area contributed by atoms with Crippen LogP contribution in [0.15, 0.2) is 0 Å². The smallest absolute Gasteiger partial charge is 0.134 e. The summed E-state index contributed by atoms with van der Waals surface area (Å²) in [7, 11) is 1.90. The fourth-order valence-electron chi connectivity index (χ4n) is 7.99. The molecule has 0 aromatic rings. The van der Waals surface area contributed by atoms with Crippen LogP contribution in [0.3, 0.4) is 0 Å². The van der Waals surface area contributed by atoms with Crippen LogP contribution in [0.4, 0.5) is 0 Å². The van der Waals surface area contributed by atoms with Gasteiger partial charge in [0.05, 0.1) is 6.10 Å². The molecule has 2 nitrogen and oxygen atoms in total. The molecule has 142 valence electrons. The zero-order chi connectivity index (χ0) is 17.8. The molecule has 4 unspecified atom stereocenters. The Morgan fingerprint density at radius 2 is 1.84 bits per heavy atom. The van der Waals surface area contributed by atoms with E-state index in [2.05, 4.69) is 13.2 Å². The van der Waals surface area contributed by atoms with E-state index in [9.17, 15) is 4.79 Å². The van der Waals surface area contributed by atoms with Crippen molar-refractivity contribution in [2.75, 3.05) is 13.4 Å². The maximum Gasteiger partial charge on any atom is 0.134 e. The van der Waals surface area contributed by atoms with Crippen LogP contribution < -0.4 is 0 Å². The molecule has 0 spiro atoms. The molecule has 0 radical (unpaired) electrons. The van der Waals surface area contributed by atoms with E-state index >= 15 is 0 Å². The molecular formula is C22H36O2S. The Morgan fingerprint density at radius 1 is 1.04 bits per heavy atom. The van der Waals surface area contributed by atoms with E-state index in [1.165, 1.54) is 51.4 Å². The van der Waals surface area contributed by atoms with Gasteiger partial charge in [0, 0.05) is 17.8 Å². The summed E-state index contributed by atoms with van der Waals surface area (Å²) in [6.45, 7) is 4.46. The second-order valence-electron chi connectivity index (χ2n) is 9.73. The Bertz CT molecular complexity index is 534. The number of hydrogen-bond acceptors (Lipinski definition) is 3. The first-order valence-corrected chi connectivity index (χ1v) is 11.8. The maximum absolute atomic E-state index is 12.4. The van der Waals surface area contributed by atoms with E-state index in [0.29, 0.717) is 23.2 Å². The molecule has 0 N–H and O–H groups in total. The highest BCUT2D eigenvalue weighted by Gasteiger charge is 2.62. The average Bonchev–Trinajstić information content (AvgIpc) is 3.01. The Balaban J connectivity index is 1.61. The number of ketones is 1. The molecule has 4 aliphatic carbocycles. The normalized spacial score (nSPS) is 52.2. The number of Topliss-reactive ketones (excluding diaryl/α,β-unsaturated/α-hetero) is 1. The SMILES string of the molecule is CO[C@H]1CC[C@@]2(C)C(CCC3C2CC[C@@]2(SC)C3CC[C@@H]2C(C)=O)C1. The zero-order valence-corrected chi connectivity index (χ0v) is 17.4. The van der Waals surface area contributed by atoms with Crippen LogP contribution in [0, 0.1) is 35.0 Å². The summed E-state index contributed by atoms with van der Waals surface area (Å²) in [5.41, 5.74) is 0.525. The first-order chi connectivity index (χ1) is 12.0. The van der Waals surface area contributed by atoms with Crippen LogP contribution in [0.1, 0.15) is 71.6 Å². The predicted octanol–water partition coefficient (Wildman–Crippen LogP) is 5.34. The van der Waals surface area contributed by atoms with Gasteiger partial charge in [-0.25, -0.2) is 0 Å². The summed E-state index contributed by atoms with van der Waals surface area (Å²) in [6.07, 6.45) is 14.5. The maximum atomic E-state index is 12.4. The number of carbonyl (C=O) groups is 1. The summed E-state index contributed by atoms with van der Waals surface area (Å²) < 4.78 is 5.99. The Kier molecular flexibility index (Phi) is 4.81. The largest absolute Gasteiger partial charge is 0.381 e. The van der Waals surface area contributed by atoms with Crippen LogP contribution in [-0.2, 0) is 9.53 Å². The Hall–Kier alpha value is -0.0200. The van der Waals surface area contributed by atoms with Crippen molar-refractivity contribution < 1.29 is 9.53 Å². The van der Waals surface area contributed by atoms with E-state index < -0.39 is 0 Å². The number of hydrogen-bond donors (Lipinski definition) is 0. The quantitative estimate of drug-likeness (QED) is 0.676. The summed E-state index contributed by atoms with van der Waals surface area (Å²) >= 11 is 2.05. The van der Waals surface area contributed by atoms with Gasteiger partial charge in [-0.15, -0.1) is 0 Å². The lowest BCUT2D eigenvalue weighted by atomic mass is 9.46. The van der Waals surface area contributed by atoms with Crippen molar-refractivity contribution in [3.63, 3.8) is 0 Å². The van der Waals surface area contributed by atoms with Gasteiger partial charge in [-0.2, -0.15) is 11.8 Å². The van der Waals surface area contributed by atoms with Crippen LogP contribution in [0.2, 0.25) is 0 Å². The van der Waals surface area contributed by atoms with Crippen molar-refractivity contribution in [2.24, 2.45) is 35.0 Å². The second-order valence-corrected chi connectivity index (χ2v) is 10.9. The van der Waals surface area contributed by atoms with Gasteiger partial charge in [0.1, 0.15) is 5.78 Å². The van der Waals surface area contributed by atoms with Gasteiger partial charge in [0.15, 0.2) is 0 Å². The summed E-state index contributed by atoms with van der Waals surface area (Å²) in [5, 5.41) is 0. The molecule has 0 aromatic heterocycles. The van der Waals surface area contributed by atoms with Crippen LogP contribution in [-0.4, -0.2) is 30.0 Å². The highest BCUT2D eigenvalue weighted by Crippen LogP contribution is 2.67. The Labute approximate surface area is 158 Å². The molecule has 4 saturated carbocycles. The van der Waals surface area contributed by atoms with E-state index in [4.69, 9.17) is 4.74 Å². The van der Waals surface area contributed by atoms with E-state index in [-0.39, 0.29) is 4.75 Å². The molecule has 4 rings (SSSR count). The summed E-state index contributed by atoms with van der Waals surface area (Å²) in [4.78, 5) is 12.4. The zero-order valence-electron chi connectivity index (χ0n) is 16.6. The highest BCUT2D eigenvalue weighted by atomic mass is 32.2. The molecule has 0 saturated heterocycles. The first kappa shape index (κ1) is 18.3. The van der Waals surface area contributed by atoms with Crippen LogP contribution in [0.25, 0.3) is 0 Å². The second kappa shape index (κ2) is 6.55. The van der Waals surface area contributed by atoms with E-state index in [0.717, 1.165) is 30.1 Å². The molecule has 0 amide bonds. The van der Waals surface area contributed by atoms with Gasteiger partial charge in [-0.3, -0.25) is 4.79 Å². The summed E-state index contributed by atoms with van der Waals surface area (Å²) in [5.74, 6) is 4.18. The van der Waals surface area contributed by atoms with Gasteiger partial charge < -0.3 is 4.74 Å². The monoisotopic (exact) mass is 364 g/mol. The molecule has 8 atom stereocenters. The minimum atomic E-state index is 0.264. The van der Waals surface area contributed by atoms with E-state index in [1.54, 1.807) is 0 Å². The highest BCUT2D eigenvalue weighted by molar-refractivity contribution is 8.00. The summed E-state index contributed by atoms with van der Waals surface area (Å²) in [6, 6.07) is 0. The minimum absolute atomic E-state index is 0.264. The standard InChI is InChI=1S/C22H36O2S/c1-14(23)18-7-8-20-17-6-5-15-13-16(24-3)9-11-21(15,2)19(17)10-12-22(18,20)25-4/h15-20H,5-13H2,1-4H3/t15?,16-,17?,18+,19?,20?,21-,22-/m0/s1. The number of thioether (sulfide) groups is 1. The molecule has 4 fully saturated rings. The molecule has 3 heteroatoms. The number of ether oxygens (including phenoxy) is 1. The predicted molar refractivity (Wildman–Crippen MR) is 105 cm³/mol. The molecule has 4 aliphatic rings. The number of carbonyl (C=O) groups excluding carboxylic acids is 1. The fraction of sp³-hybridized carbons (Fsp3) is 0.955. The molecule has 0 bridgehead atoms. The fourth-order valence-corrected chi connectivity index (χ4v) is 9.48. The number of fused-ring (bicyclic) bond motifs is 5. The third kappa shape index (κ3) is 2.58. The van der Waals surface area contributed by atoms with Gasteiger partial charge in [-0.05, 0) is 100 Å². The molecule has 0 aromatic carbocycles. The average molecular weight is 365 g/mol. The van der Waals surface area contributed by atoms with E-state index in [1.807, 2.05) is 25.8 Å². The van der Waals surface area contributed by atoms with Gasteiger partial charge in [-0.1, -0.05) is 6.92 Å².